The summed E-state index contributed by atoms with van der Waals surface area (Å²) in [5.41, 5.74) is 2.77. The van der Waals surface area contributed by atoms with Gasteiger partial charge in [-0.3, -0.25) is 0 Å². The zero-order valence-corrected chi connectivity index (χ0v) is 9.43. The summed E-state index contributed by atoms with van der Waals surface area (Å²) in [7, 11) is 0. The third-order valence-electron chi connectivity index (χ3n) is 2.00. The van der Waals surface area contributed by atoms with E-state index in [2.05, 4.69) is 22.5 Å². The predicted molar refractivity (Wildman–Crippen MR) is 58.7 cm³/mol. The van der Waals surface area contributed by atoms with Crippen LogP contribution in [0.15, 0.2) is 34.8 Å². The van der Waals surface area contributed by atoms with Crippen molar-refractivity contribution in [1.29, 1.82) is 0 Å². The molecule has 70 valence electrons. The van der Waals surface area contributed by atoms with Crippen LogP contribution in [-0.2, 0) is 0 Å². The molecule has 0 bridgehead atoms. The van der Waals surface area contributed by atoms with Gasteiger partial charge in [-0.25, -0.2) is 0 Å². The van der Waals surface area contributed by atoms with E-state index in [1.165, 1.54) is 0 Å². The summed E-state index contributed by atoms with van der Waals surface area (Å²) in [5, 5.41) is 9.78. The van der Waals surface area contributed by atoms with Crippen LogP contribution in [0.3, 0.4) is 0 Å². The fourth-order valence-electron chi connectivity index (χ4n) is 1.17. The molecule has 0 aliphatic carbocycles. The Morgan fingerprint density at radius 1 is 1.54 bits per heavy atom. The van der Waals surface area contributed by atoms with Crippen molar-refractivity contribution in [3.63, 3.8) is 0 Å². The van der Waals surface area contributed by atoms with E-state index in [1.807, 2.05) is 32.0 Å². The van der Waals surface area contributed by atoms with E-state index in [-0.39, 0.29) is 0 Å². The number of aliphatic hydroxyl groups excluding tert-OH is 1. The fourth-order valence-corrected chi connectivity index (χ4v) is 1.55. The molecule has 1 aromatic carbocycles. The van der Waals surface area contributed by atoms with Gasteiger partial charge in [0.25, 0.3) is 0 Å². The zero-order valence-electron chi connectivity index (χ0n) is 7.84. The lowest BCUT2D eigenvalue weighted by molar-refractivity contribution is 0.215. The SMILES string of the molecule is C=C(C)C(O)c1cc(Br)ccc1C. The van der Waals surface area contributed by atoms with Crippen LogP contribution in [0, 0.1) is 6.92 Å². The Labute approximate surface area is 87.2 Å². The van der Waals surface area contributed by atoms with Crippen LogP contribution in [0.2, 0.25) is 0 Å². The first-order chi connectivity index (χ1) is 6.02. The number of hydrogen-bond donors (Lipinski definition) is 1. The highest BCUT2D eigenvalue weighted by Crippen LogP contribution is 2.25. The molecular formula is C11H13BrO. The van der Waals surface area contributed by atoms with E-state index < -0.39 is 6.10 Å². The standard InChI is InChI=1S/C11H13BrO/c1-7(2)11(13)10-6-9(12)5-4-8(10)3/h4-6,11,13H,1H2,2-3H3. The highest BCUT2D eigenvalue weighted by Gasteiger charge is 2.10. The summed E-state index contributed by atoms with van der Waals surface area (Å²) in [6, 6.07) is 5.87. The Bertz CT molecular complexity index is 331. The lowest BCUT2D eigenvalue weighted by atomic mass is 9.99. The quantitative estimate of drug-likeness (QED) is 0.787. The van der Waals surface area contributed by atoms with Crippen LogP contribution >= 0.6 is 15.9 Å². The zero-order chi connectivity index (χ0) is 10.0. The molecule has 0 aliphatic heterocycles. The molecule has 0 amide bonds. The molecule has 1 nitrogen and oxygen atoms in total. The van der Waals surface area contributed by atoms with Crippen molar-refractivity contribution in [3.8, 4) is 0 Å². The topological polar surface area (TPSA) is 20.2 Å². The predicted octanol–water partition coefficient (Wildman–Crippen LogP) is 3.37. The molecular weight excluding hydrogens is 228 g/mol. The van der Waals surface area contributed by atoms with Crippen molar-refractivity contribution >= 4 is 15.9 Å². The summed E-state index contributed by atoms with van der Waals surface area (Å²) >= 11 is 3.37. The molecule has 1 N–H and O–H groups in total. The first-order valence-corrected chi connectivity index (χ1v) is 4.91. The Morgan fingerprint density at radius 3 is 2.69 bits per heavy atom. The Balaban J connectivity index is 3.12. The van der Waals surface area contributed by atoms with Gasteiger partial charge in [-0.1, -0.05) is 28.6 Å². The van der Waals surface area contributed by atoms with Gasteiger partial charge in [-0.15, -0.1) is 0 Å². The first kappa shape index (κ1) is 10.5. The minimum atomic E-state index is -0.558. The van der Waals surface area contributed by atoms with Gasteiger partial charge in [0.15, 0.2) is 0 Å². The number of halogens is 1. The lowest BCUT2D eigenvalue weighted by Gasteiger charge is -2.13. The van der Waals surface area contributed by atoms with Gasteiger partial charge in [0.1, 0.15) is 0 Å². The van der Waals surface area contributed by atoms with E-state index in [1.54, 1.807) is 0 Å². The molecule has 0 saturated heterocycles. The summed E-state index contributed by atoms with van der Waals surface area (Å²) in [4.78, 5) is 0. The number of benzene rings is 1. The maximum absolute atomic E-state index is 9.78. The molecule has 0 heterocycles. The van der Waals surface area contributed by atoms with Crippen molar-refractivity contribution in [2.75, 3.05) is 0 Å². The number of aliphatic hydroxyl groups is 1. The molecule has 1 aromatic rings. The second kappa shape index (κ2) is 4.07. The normalized spacial score (nSPS) is 12.6. The Morgan fingerprint density at radius 2 is 2.15 bits per heavy atom. The van der Waals surface area contributed by atoms with E-state index in [9.17, 15) is 5.11 Å². The van der Waals surface area contributed by atoms with E-state index in [0.29, 0.717) is 0 Å². The lowest BCUT2D eigenvalue weighted by Crippen LogP contribution is -2.00. The van der Waals surface area contributed by atoms with Crippen LogP contribution in [0.5, 0.6) is 0 Å². The van der Waals surface area contributed by atoms with Crippen LogP contribution in [0.1, 0.15) is 24.2 Å². The van der Waals surface area contributed by atoms with Crippen LogP contribution < -0.4 is 0 Å². The average molecular weight is 241 g/mol. The van der Waals surface area contributed by atoms with Gasteiger partial charge < -0.3 is 5.11 Å². The van der Waals surface area contributed by atoms with Crippen LogP contribution in [0.25, 0.3) is 0 Å². The van der Waals surface area contributed by atoms with Gasteiger partial charge >= 0.3 is 0 Å². The summed E-state index contributed by atoms with van der Waals surface area (Å²) in [5.74, 6) is 0. The van der Waals surface area contributed by atoms with Crippen molar-refractivity contribution < 1.29 is 5.11 Å². The fraction of sp³-hybridized carbons (Fsp3) is 0.273. The van der Waals surface area contributed by atoms with Crippen molar-refractivity contribution in [2.45, 2.75) is 20.0 Å². The van der Waals surface area contributed by atoms with Gasteiger partial charge in [0.2, 0.25) is 0 Å². The molecule has 0 radical (unpaired) electrons. The van der Waals surface area contributed by atoms with Gasteiger partial charge in [-0.2, -0.15) is 0 Å². The number of hydrogen-bond acceptors (Lipinski definition) is 1. The highest BCUT2D eigenvalue weighted by molar-refractivity contribution is 9.10. The van der Waals surface area contributed by atoms with Crippen molar-refractivity contribution in [3.05, 3.63) is 46.0 Å². The maximum atomic E-state index is 9.78. The average Bonchev–Trinajstić information content (AvgIpc) is 2.08. The van der Waals surface area contributed by atoms with E-state index >= 15 is 0 Å². The van der Waals surface area contributed by atoms with Gasteiger partial charge in [0, 0.05) is 4.47 Å². The number of aryl methyl sites for hydroxylation is 1. The summed E-state index contributed by atoms with van der Waals surface area (Å²) in [6.07, 6.45) is -0.558. The largest absolute Gasteiger partial charge is 0.384 e. The van der Waals surface area contributed by atoms with Gasteiger partial charge in [0.05, 0.1) is 6.10 Å². The monoisotopic (exact) mass is 240 g/mol. The Hall–Kier alpha value is -0.600. The molecule has 0 aliphatic rings. The van der Waals surface area contributed by atoms with Gasteiger partial charge in [-0.05, 0) is 42.7 Å². The first-order valence-electron chi connectivity index (χ1n) is 4.12. The van der Waals surface area contributed by atoms with E-state index in [0.717, 1.165) is 21.2 Å². The van der Waals surface area contributed by atoms with Crippen LogP contribution in [-0.4, -0.2) is 5.11 Å². The minimum Gasteiger partial charge on any atom is -0.384 e. The molecule has 0 fully saturated rings. The minimum absolute atomic E-state index is 0.558. The highest BCUT2D eigenvalue weighted by atomic mass is 79.9. The van der Waals surface area contributed by atoms with Crippen molar-refractivity contribution in [2.24, 2.45) is 0 Å². The third kappa shape index (κ3) is 2.42. The molecule has 0 saturated carbocycles. The molecule has 1 unspecified atom stereocenters. The third-order valence-corrected chi connectivity index (χ3v) is 2.50. The summed E-state index contributed by atoms with van der Waals surface area (Å²) < 4.78 is 0.980. The summed E-state index contributed by atoms with van der Waals surface area (Å²) in [6.45, 7) is 7.54. The molecule has 2 heteroatoms. The molecule has 0 spiro atoms. The Kier molecular flexibility index (Phi) is 3.28. The number of rotatable bonds is 2. The molecule has 1 atom stereocenters. The second-order valence-corrected chi connectivity index (χ2v) is 4.17. The maximum Gasteiger partial charge on any atom is 0.0998 e. The molecule has 0 aromatic heterocycles. The van der Waals surface area contributed by atoms with Crippen molar-refractivity contribution in [1.82, 2.24) is 0 Å². The smallest absolute Gasteiger partial charge is 0.0998 e. The molecule has 1 rings (SSSR count). The van der Waals surface area contributed by atoms with Crippen LogP contribution in [0.4, 0.5) is 0 Å². The van der Waals surface area contributed by atoms with E-state index in [4.69, 9.17) is 0 Å². The second-order valence-electron chi connectivity index (χ2n) is 3.25. The molecule has 13 heavy (non-hydrogen) atoms.